The minimum atomic E-state index is -0.133. The number of ether oxygens (including phenoxy) is 1. The van der Waals surface area contributed by atoms with Crippen LogP contribution in [0.2, 0.25) is 0 Å². The summed E-state index contributed by atoms with van der Waals surface area (Å²) in [6, 6.07) is 8.26. The highest BCUT2D eigenvalue weighted by atomic mass is 16.5. The topological polar surface area (TPSA) is 66.5 Å². The van der Waals surface area contributed by atoms with Crippen LogP contribution < -0.4 is 15.4 Å². The molecule has 6 nitrogen and oxygen atoms in total. The predicted octanol–water partition coefficient (Wildman–Crippen LogP) is 5.33. The molecule has 33 heavy (non-hydrogen) atoms. The SMILES string of the molecule is COc1cc(NC(C)CCCN2C(=O)[C@@H](C(C)C)NC23CCCCCC3)c2ncccc2c1. The second-order valence-electron chi connectivity index (χ2n) is 10.2. The molecule has 1 amide bonds. The highest BCUT2D eigenvalue weighted by Gasteiger charge is 2.50. The Bertz CT molecular complexity index is 952. The van der Waals surface area contributed by atoms with Gasteiger partial charge < -0.3 is 15.0 Å². The molecule has 4 rings (SSSR count). The first-order chi connectivity index (χ1) is 15.9. The molecule has 2 N–H and O–H groups in total. The van der Waals surface area contributed by atoms with Crippen molar-refractivity contribution in [2.45, 2.75) is 89.9 Å². The molecule has 1 saturated carbocycles. The molecule has 0 bridgehead atoms. The summed E-state index contributed by atoms with van der Waals surface area (Å²) in [6.07, 6.45) is 10.9. The Morgan fingerprint density at radius 1 is 1.21 bits per heavy atom. The summed E-state index contributed by atoms with van der Waals surface area (Å²) in [7, 11) is 1.69. The van der Waals surface area contributed by atoms with Gasteiger partial charge in [0.25, 0.3) is 0 Å². The number of carbonyl (C=O) groups is 1. The minimum absolute atomic E-state index is 0.0483. The first-order valence-electron chi connectivity index (χ1n) is 12.7. The van der Waals surface area contributed by atoms with Gasteiger partial charge >= 0.3 is 0 Å². The molecule has 2 fully saturated rings. The molecule has 1 aromatic carbocycles. The molecule has 1 saturated heterocycles. The van der Waals surface area contributed by atoms with Crippen LogP contribution in [0.4, 0.5) is 5.69 Å². The minimum Gasteiger partial charge on any atom is -0.497 e. The molecular weight excluding hydrogens is 412 g/mol. The molecule has 0 radical (unpaired) electrons. The normalized spacial score (nSPS) is 21.5. The van der Waals surface area contributed by atoms with Gasteiger partial charge in [-0.3, -0.25) is 15.1 Å². The second-order valence-corrected chi connectivity index (χ2v) is 10.2. The number of hydrogen-bond acceptors (Lipinski definition) is 5. The Morgan fingerprint density at radius 2 is 1.97 bits per heavy atom. The predicted molar refractivity (Wildman–Crippen MR) is 135 cm³/mol. The van der Waals surface area contributed by atoms with E-state index in [0.29, 0.717) is 11.8 Å². The zero-order chi connectivity index (χ0) is 23.4. The van der Waals surface area contributed by atoms with Crippen LogP contribution in [-0.2, 0) is 4.79 Å². The first-order valence-corrected chi connectivity index (χ1v) is 12.7. The number of nitrogens with one attached hydrogen (secondary N) is 2. The smallest absolute Gasteiger partial charge is 0.241 e. The Balaban J connectivity index is 1.42. The van der Waals surface area contributed by atoms with Crippen molar-refractivity contribution in [1.29, 1.82) is 0 Å². The van der Waals surface area contributed by atoms with Crippen LogP contribution in [0.5, 0.6) is 5.75 Å². The summed E-state index contributed by atoms with van der Waals surface area (Å²) in [5.74, 6) is 1.45. The highest BCUT2D eigenvalue weighted by Crippen LogP contribution is 2.37. The van der Waals surface area contributed by atoms with Crippen molar-refractivity contribution in [2.75, 3.05) is 19.0 Å². The van der Waals surface area contributed by atoms with Gasteiger partial charge in [-0.1, -0.05) is 32.8 Å². The number of amides is 1. The Morgan fingerprint density at radius 3 is 2.67 bits per heavy atom. The average molecular weight is 453 g/mol. The fraction of sp³-hybridized carbons (Fsp3) is 0.630. The average Bonchev–Trinajstić information content (AvgIpc) is 2.94. The van der Waals surface area contributed by atoms with Gasteiger partial charge in [0.05, 0.1) is 30.0 Å². The third-order valence-corrected chi connectivity index (χ3v) is 7.41. The van der Waals surface area contributed by atoms with Crippen molar-refractivity contribution < 1.29 is 9.53 Å². The fourth-order valence-corrected chi connectivity index (χ4v) is 5.60. The van der Waals surface area contributed by atoms with Crippen LogP contribution in [0, 0.1) is 5.92 Å². The quantitative estimate of drug-likeness (QED) is 0.567. The number of pyridine rings is 1. The van der Waals surface area contributed by atoms with Crippen LogP contribution in [0.15, 0.2) is 30.5 Å². The number of carbonyl (C=O) groups excluding carboxylic acids is 1. The van der Waals surface area contributed by atoms with Crippen LogP contribution in [0.1, 0.15) is 72.1 Å². The Hall–Kier alpha value is -2.34. The van der Waals surface area contributed by atoms with E-state index in [1.54, 1.807) is 7.11 Å². The second kappa shape index (κ2) is 10.3. The van der Waals surface area contributed by atoms with E-state index in [4.69, 9.17) is 4.74 Å². The van der Waals surface area contributed by atoms with Gasteiger partial charge in [0.15, 0.2) is 0 Å². The van der Waals surface area contributed by atoms with Gasteiger partial charge in [-0.15, -0.1) is 0 Å². The maximum atomic E-state index is 13.3. The molecule has 6 heteroatoms. The van der Waals surface area contributed by atoms with Crippen LogP contribution in [-0.4, -0.2) is 47.2 Å². The Labute approximate surface area is 198 Å². The Kier molecular flexibility index (Phi) is 7.42. The number of methoxy groups -OCH3 is 1. The number of hydrogen-bond donors (Lipinski definition) is 2. The molecule has 2 heterocycles. The zero-order valence-electron chi connectivity index (χ0n) is 20.7. The van der Waals surface area contributed by atoms with Gasteiger partial charge in [0.1, 0.15) is 5.75 Å². The molecule has 1 aliphatic heterocycles. The molecule has 2 atom stereocenters. The lowest BCUT2D eigenvalue weighted by Gasteiger charge is -2.38. The van der Waals surface area contributed by atoms with E-state index in [1.165, 1.54) is 25.7 Å². The van der Waals surface area contributed by atoms with Crippen molar-refractivity contribution in [1.82, 2.24) is 15.2 Å². The van der Waals surface area contributed by atoms with Crippen LogP contribution in [0.3, 0.4) is 0 Å². The molecule has 1 aromatic heterocycles. The number of benzene rings is 1. The van der Waals surface area contributed by atoms with E-state index >= 15 is 0 Å². The molecule has 2 aromatic rings. The fourth-order valence-electron chi connectivity index (χ4n) is 5.60. The lowest BCUT2D eigenvalue weighted by molar-refractivity contribution is -0.133. The van der Waals surface area contributed by atoms with Gasteiger partial charge in [0, 0.05) is 30.2 Å². The van der Waals surface area contributed by atoms with Gasteiger partial charge in [0.2, 0.25) is 5.91 Å². The number of rotatable bonds is 8. The zero-order valence-corrected chi connectivity index (χ0v) is 20.7. The van der Waals surface area contributed by atoms with E-state index in [0.717, 1.165) is 54.6 Å². The lowest BCUT2D eigenvalue weighted by atomic mass is 9.98. The van der Waals surface area contributed by atoms with E-state index in [1.807, 2.05) is 24.4 Å². The molecule has 1 spiro atoms. The molecule has 1 aliphatic carbocycles. The lowest BCUT2D eigenvalue weighted by Crippen LogP contribution is -2.53. The van der Waals surface area contributed by atoms with Crippen molar-refractivity contribution in [3.63, 3.8) is 0 Å². The monoisotopic (exact) mass is 452 g/mol. The molecule has 2 aliphatic rings. The summed E-state index contributed by atoms with van der Waals surface area (Å²) >= 11 is 0. The summed E-state index contributed by atoms with van der Waals surface area (Å²) in [5.41, 5.74) is 1.82. The van der Waals surface area contributed by atoms with Crippen molar-refractivity contribution in [2.24, 2.45) is 5.92 Å². The van der Waals surface area contributed by atoms with Crippen molar-refractivity contribution in [3.8, 4) is 5.75 Å². The van der Waals surface area contributed by atoms with E-state index in [9.17, 15) is 4.79 Å². The molecule has 1 unspecified atom stereocenters. The molecule has 180 valence electrons. The van der Waals surface area contributed by atoms with Gasteiger partial charge in [-0.2, -0.15) is 0 Å². The van der Waals surface area contributed by atoms with E-state index in [-0.39, 0.29) is 17.7 Å². The standard InChI is InChI=1S/C27H40N4O2/c1-19(2)24-26(32)31(27(30-24)13-7-5-6-8-14-27)16-10-11-20(3)29-23-18-22(33-4)17-21-12-9-15-28-25(21)23/h9,12,15,17-20,24,29-30H,5-8,10-11,13-14,16H2,1-4H3/t20?,24-/m1/s1. The summed E-state index contributed by atoms with van der Waals surface area (Å²) in [5, 5.41) is 8.50. The van der Waals surface area contributed by atoms with Crippen LogP contribution in [0.25, 0.3) is 10.9 Å². The summed E-state index contributed by atoms with van der Waals surface area (Å²) in [4.78, 5) is 20.1. The maximum absolute atomic E-state index is 13.3. The number of anilines is 1. The first kappa shape index (κ1) is 23.8. The van der Waals surface area contributed by atoms with Gasteiger partial charge in [-0.05, 0) is 63.5 Å². The highest BCUT2D eigenvalue weighted by molar-refractivity contribution is 5.92. The van der Waals surface area contributed by atoms with Crippen LogP contribution >= 0.6 is 0 Å². The number of fused-ring (bicyclic) bond motifs is 1. The van der Waals surface area contributed by atoms with Crippen molar-refractivity contribution in [3.05, 3.63) is 30.5 Å². The third kappa shape index (κ3) is 5.11. The summed E-state index contributed by atoms with van der Waals surface area (Å²) in [6.45, 7) is 7.33. The van der Waals surface area contributed by atoms with Crippen molar-refractivity contribution >= 4 is 22.5 Å². The van der Waals surface area contributed by atoms with E-state index < -0.39 is 0 Å². The van der Waals surface area contributed by atoms with E-state index in [2.05, 4.69) is 47.4 Å². The number of aromatic nitrogens is 1. The summed E-state index contributed by atoms with van der Waals surface area (Å²) < 4.78 is 5.49. The van der Waals surface area contributed by atoms with Gasteiger partial charge in [-0.25, -0.2) is 0 Å². The largest absolute Gasteiger partial charge is 0.497 e. The molecular formula is C27H40N4O2. The number of nitrogens with zero attached hydrogens (tertiary/aromatic N) is 2. The third-order valence-electron chi connectivity index (χ3n) is 7.41. The maximum Gasteiger partial charge on any atom is 0.241 e.